The average Bonchev–Trinajstić information content (AvgIpc) is 2.36. The van der Waals surface area contributed by atoms with Gasteiger partial charge in [-0.25, -0.2) is 0 Å². The maximum absolute atomic E-state index is 12.3. The molecule has 1 heterocycles. The van der Waals surface area contributed by atoms with Gasteiger partial charge in [0.25, 0.3) is 0 Å². The summed E-state index contributed by atoms with van der Waals surface area (Å²) in [5, 5.41) is 0. The van der Waals surface area contributed by atoms with Crippen LogP contribution in [-0.2, 0) is 4.79 Å². The smallest absolute Gasteiger partial charge is 0.239 e. The maximum atomic E-state index is 12.3. The fraction of sp³-hybridized carbons (Fsp3) is 0.929. The average molecular weight is 240 g/mol. The third-order valence-electron chi connectivity index (χ3n) is 3.72. The fourth-order valence-corrected chi connectivity index (χ4v) is 2.68. The van der Waals surface area contributed by atoms with Gasteiger partial charge in [-0.3, -0.25) is 4.79 Å². The summed E-state index contributed by atoms with van der Waals surface area (Å²) in [5.74, 6) is 0.191. The molecule has 3 nitrogen and oxygen atoms in total. The van der Waals surface area contributed by atoms with Crippen molar-refractivity contribution in [2.75, 3.05) is 6.54 Å². The summed E-state index contributed by atoms with van der Waals surface area (Å²) in [7, 11) is 0. The molecule has 1 rings (SSSR count). The van der Waals surface area contributed by atoms with Crippen LogP contribution in [0.4, 0.5) is 0 Å². The summed E-state index contributed by atoms with van der Waals surface area (Å²) in [6.45, 7) is 5.25. The summed E-state index contributed by atoms with van der Waals surface area (Å²) >= 11 is 0. The zero-order chi connectivity index (χ0) is 12.7. The molecule has 0 aliphatic carbocycles. The molecule has 1 saturated heterocycles. The van der Waals surface area contributed by atoms with Gasteiger partial charge >= 0.3 is 0 Å². The zero-order valence-corrected chi connectivity index (χ0v) is 11.5. The minimum absolute atomic E-state index is 0.191. The number of unbranched alkanes of at least 4 members (excludes halogenated alkanes) is 1. The zero-order valence-electron chi connectivity index (χ0n) is 11.5. The molecule has 0 aromatic carbocycles. The Morgan fingerprint density at radius 2 is 2.12 bits per heavy atom. The molecule has 0 radical (unpaired) electrons. The van der Waals surface area contributed by atoms with Crippen molar-refractivity contribution in [1.29, 1.82) is 0 Å². The van der Waals surface area contributed by atoms with Gasteiger partial charge in [0.05, 0.1) is 6.04 Å². The summed E-state index contributed by atoms with van der Waals surface area (Å²) in [6, 6.07) is 0.182. The first kappa shape index (κ1) is 14.5. The van der Waals surface area contributed by atoms with Crippen molar-refractivity contribution >= 4 is 5.91 Å². The number of hydrogen-bond donors (Lipinski definition) is 1. The minimum Gasteiger partial charge on any atom is -0.338 e. The molecule has 0 bridgehead atoms. The van der Waals surface area contributed by atoms with Crippen LogP contribution in [0.2, 0.25) is 0 Å². The van der Waals surface area contributed by atoms with Crippen molar-refractivity contribution in [3.05, 3.63) is 0 Å². The number of rotatable bonds is 6. The minimum atomic E-state index is -0.271. The molecule has 1 aliphatic heterocycles. The van der Waals surface area contributed by atoms with Crippen LogP contribution in [0.3, 0.4) is 0 Å². The van der Waals surface area contributed by atoms with Crippen LogP contribution >= 0.6 is 0 Å². The fourth-order valence-electron chi connectivity index (χ4n) is 2.68. The Hall–Kier alpha value is -0.570. The van der Waals surface area contributed by atoms with Crippen molar-refractivity contribution in [2.45, 2.75) is 77.3 Å². The Balaban J connectivity index is 2.51. The van der Waals surface area contributed by atoms with E-state index in [0.717, 1.165) is 45.1 Å². The third kappa shape index (κ3) is 4.30. The molecule has 17 heavy (non-hydrogen) atoms. The molecular weight excluding hydrogens is 212 g/mol. The predicted octanol–water partition coefficient (Wildman–Crippen LogP) is 2.69. The van der Waals surface area contributed by atoms with Crippen LogP contribution in [0.1, 0.15) is 65.2 Å². The Labute approximate surface area is 106 Å². The molecule has 1 amide bonds. The highest BCUT2D eigenvalue weighted by Gasteiger charge is 2.28. The number of carbonyl (C=O) groups excluding carboxylic acids is 1. The number of amides is 1. The first-order valence-corrected chi connectivity index (χ1v) is 7.26. The van der Waals surface area contributed by atoms with Gasteiger partial charge in [0.15, 0.2) is 0 Å². The van der Waals surface area contributed by atoms with E-state index in [1.807, 2.05) is 0 Å². The Bertz CT molecular complexity index is 228. The molecule has 1 aliphatic rings. The number of likely N-dealkylation sites (tertiary alicyclic amines) is 1. The quantitative estimate of drug-likeness (QED) is 0.776. The van der Waals surface area contributed by atoms with Gasteiger partial charge in [-0.2, -0.15) is 0 Å². The molecular formula is C14H28N2O. The summed E-state index contributed by atoms with van der Waals surface area (Å²) in [5.41, 5.74) is 6.00. The van der Waals surface area contributed by atoms with Crippen LogP contribution in [0.5, 0.6) is 0 Å². The van der Waals surface area contributed by atoms with Gasteiger partial charge in [0, 0.05) is 12.6 Å². The second-order valence-corrected chi connectivity index (χ2v) is 5.22. The molecule has 3 heteroatoms. The lowest BCUT2D eigenvalue weighted by Crippen LogP contribution is -2.50. The SMILES string of the molecule is CCCCC(N)C(=O)N1CCCCC1CCC. The van der Waals surface area contributed by atoms with Crippen molar-refractivity contribution in [2.24, 2.45) is 5.73 Å². The van der Waals surface area contributed by atoms with Gasteiger partial charge in [0.2, 0.25) is 5.91 Å². The molecule has 2 unspecified atom stereocenters. The molecule has 2 N–H and O–H groups in total. The van der Waals surface area contributed by atoms with Gasteiger partial charge in [-0.15, -0.1) is 0 Å². The molecule has 1 fully saturated rings. The second kappa shape index (κ2) is 7.70. The highest BCUT2D eigenvalue weighted by atomic mass is 16.2. The number of nitrogens with two attached hydrogens (primary N) is 1. The molecule has 100 valence electrons. The lowest BCUT2D eigenvalue weighted by Gasteiger charge is -2.37. The highest BCUT2D eigenvalue weighted by molar-refractivity contribution is 5.82. The molecule has 0 spiro atoms. The first-order valence-electron chi connectivity index (χ1n) is 7.26. The van der Waals surface area contributed by atoms with E-state index in [9.17, 15) is 4.79 Å². The van der Waals surface area contributed by atoms with E-state index in [-0.39, 0.29) is 11.9 Å². The maximum Gasteiger partial charge on any atom is 0.239 e. The van der Waals surface area contributed by atoms with Gasteiger partial charge in [-0.05, 0) is 32.1 Å². The molecule has 0 saturated carbocycles. The predicted molar refractivity (Wildman–Crippen MR) is 71.8 cm³/mol. The van der Waals surface area contributed by atoms with Crippen molar-refractivity contribution in [1.82, 2.24) is 4.90 Å². The molecule has 0 aromatic heterocycles. The normalized spacial score (nSPS) is 22.5. The summed E-state index contributed by atoms with van der Waals surface area (Å²) in [6.07, 6.45) is 8.86. The van der Waals surface area contributed by atoms with Gasteiger partial charge in [0.1, 0.15) is 0 Å². The van der Waals surface area contributed by atoms with Crippen molar-refractivity contribution in [3.63, 3.8) is 0 Å². The largest absolute Gasteiger partial charge is 0.338 e. The van der Waals surface area contributed by atoms with E-state index in [0.29, 0.717) is 6.04 Å². The third-order valence-corrected chi connectivity index (χ3v) is 3.72. The van der Waals surface area contributed by atoms with E-state index in [2.05, 4.69) is 18.7 Å². The highest BCUT2D eigenvalue weighted by Crippen LogP contribution is 2.22. The van der Waals surface area contributed by atoms with E-state index in [1.54, 1.807) is 0 Å². The summed E-state index contributed by atoms with van der Waals surface area (Å²) in [4.78, 5) is 14.4. The number of carbonyl (C=O) groups is 1. The van der Waals surface area contributed by atoms with Gasteiger partial charge < -0.3 is 10.6 Å². The van der Waals surface area contributed by atoms with Crippen LogP contribution in [-0.4, -0.2) is 29.4 Å². The molecule has 2 atom stereocenters. The monoisotopic (exact) mass is 240 g/mol. The number of nitrogens with zero attached hydrogens (tertiary/aromatic N) is 1. The van der Waals surface area contributed by atoms with E-state index in [4.69, 9.17) is 5.73 Å². The van der Waals surface area contributed by atoms with E-state index >= 15 is 0 Å². The Morgan fingerprint density at radius 3 is 2.76 bits per heavy atom. The Morgan fingerprint density at radius 1 is 1.35 bits per heavy atom. The lowest BCUT2D eigenvalue weighted by molar-refractivity contribution is -0.136. The lowest BCUT2D eigenvalue weighted by atomic mass is 9.96. The number of piperidine rings is 1. The number of hydrogen-bond acceptors (Lipinski definition) is 2. The van der Waals surface area contributed by atoms with Crippen LogP contribution in [0, 0.1) is 0 Å². The van der Waals surface area contributed by atoms with Crippen LogP contribution in [0.15, 0.2) is 0 Å². The first-order chi connectivity index (χ1) is 8.20. The second-order valence-electron chi connectivity index (χ2n) is 5.22. The van der Waals surface area contributed by atoms with Crippen molar-refractivity contribution < 1.29 is 4.79 Å². The standard InChI is InChI=1S/C14H28N2O/c1-3-5-10-13(15)14(17)16-11-7-6-9-12(16)8-4-2/h12-13H,3-11,15H2,1-2H3. The topological polar surface area (TPSA) is 46.3 Å². The summed E-state index contributed by atoms with van der Waals surface area (Å²) < 4.78 is 0. The van der Waals surface area contributed by atoms with E-state index in [1.165, 1.54) is 12.8 Å². The van der Waals surface area contributed by atoms with E-state index < -0.39 is 0 Å². The van der Waals surface area contributed by atoms with Crippen LogP contribution in [0.25, 0.3) is 0 Å². The van der Waals surface area contributed by atoms with Crippen molar-refractivity contribution in [3.8, 4) is 0 Å². The molecule has 0 aromatic rings. The van der Waals surface area contributed by atoms with Crippen LogP contribution < -0.4 is 5.73 Å². The Kier molecular flexibility index (Phi) is 6.56. The van der Waals surface area contributed by atoms with Gasteiger partial charge in [-0.1, -0.05) is 33.1 Å².